The molecule has 2 aromatic rings. The molecule has 0 unspecified atom stereocenters. The topological polar surface area (TPSA) is 34.1 Å². The normalized spacial score (nSPS) is 10.8. The maximum absolute atomic E-state index is 6.28. The minimum atomic E-state index is 0.349. The second-order valence-electron chi connectivity index (χ2n) is 5.29. The van der Waals surface area contributed by atoms with Crippen molar-refractivity contribution in [3.05, 3.63) is 46.5 Å². The number of ether oxygens (including phenoxy) is 1. The number of nitrogens with one attached hydrogen (secondary N) is 1. The van der Waals surface area contributed by atoms with Gasteiger partial charge in [0.15, 0.2) is 0 Å². The van der Waals surface area contributed by atoms with Crippen LogP contribution in [-0.2, 0) is 0 Å². The highest BCUT2D eigenvalue weighted by Gasteiger charge is 2.11. The fraction of sp³-hybridized carbons (Fsp3) is 0.353. The van der Waals surface area contributed by atoms with Crippen molar-refractivity contribution < 1.29 is 4.74 Å². The largest absolute Gasteiger partial charge is 0.439 e. The van der Waals surface area contributed by atoms with Crippen LogP contribution in [0.25, 0.3) is 0 Å². The van der Waals surface area contributed by atoms with Gasteiger partial charge in [-0.2, -0.15) is 4.98 Å². The number of pyridine rings is 1. The van der Waals surface area contributed by atoms with Crippen LogP contribution < -0.4 is 10.1 Å². The zero-order valence-corrected chi connectivity index (χ0v) is 13.7. The quantitative estimate of drug-likeness (QED) is 0.804. The predicted octanol–water partition coefficient (Wildman–Crippen LogP) is 5.39. The van der Waals surface area contributed by atoms with E-state index in [2.05, 4.69) is 24.1 Å². The van der Waals surface area contributed by atoms with Crippen LogP contribution in [0.4, 0.5) is 5.82 Å². The van der Waals surface area contributed by atoms with E-state index in [1.165, 1.54) is 0 Å². The molecule has 0 atom stereocenters. The minimum absolute atomic E-state index is 0.349. The number of halogens is 1. The number of rotatable bonds is 5. The third kappa shape index (κ3) is 3.88. The molecule has 1 heterocycles. The van der Waals surface area contributed by atoms with Gasteiger partial charge >= 0.3 is 0 Å². The van der Waals surface area contributed by atoms with Crippen LogP contribution in [0.2, 0.25) is 5.02 Å². The Morgan fingerprint density at radius 2 is 2.05 bits per heavy atom. The fourth-order valence-corrected chi connectivity index (χ4v) is 2.52. The number of aryl methyl sites for hydroxylation is 1. The molecule has 0 radical (unpaired) electrons. The average molecular weight is 305 g/mol. The molecule has 0 saturated carbocycles. The number of anilines is 1. The molecule has 0 aliphatic heterocycles. The molecule has 0 bridgehead atoms. The SMILES string of the molecule is CCNc1cccc(Oc2cc(C(C)C)c(Cl)cc2C)n1. The number of hydrogen-bond acceptors (Lipinski definition) is 3. The number of nitrogens with zero attached hydrogens (tertiary/aromatic N) is 1. The van der Waals surface area contributed by atoms with E-state index in [0.29, 0.717) is 11.8 Å². The molecule has 0 aliphatic rings. The fourth-order valence-electron chi connectivity index (χ4n) is 2.08. The van der Waals surface area contributed by atoms with Crippen LogP contribution in [0.3, 0.4) is 0 Å². The summed E-state index contributed by atoms with van der Waals surface area (Å²) < 4.78 is 5.93. The molecule has 3 nitrogen and oxygen atoms in total. The van der Waals surface area contributed by atoms with E-state index in [1.54, 1.807) is 0 Å². The maximum atomic E-state index is 6.28. The summed E-state index contributed by atoms with van der Waals surface area (Å²) in [5, 5.41) is 3.96. The molecular formula is C17H21ClN2O. The molecule has 0 amide bonds. The molecule has 2 rings (SSSR count). The summed E-state index contributed by atoms with van der Waals surface area (Å²) >= 11 is 6.28. The lowest BCUT2D eigenvalue weighted by molar-refractivity contribution is 0.459. The third-order valence-electron chi connectivity index (χ3n) is 3.21. The Hall–Kier alpha value is -1.74. The van der Waals surface area contributed by atoms with Gasteiger partial charge in [-0.1, -0.05) is 31.5 Å². The monoisotopic (exact) mass is 304 g/mol. The molecule has 0 fully saturated rings. The standard InChI is InChI=1S/C17H21ClN2O/c1-5-19-16-7-6-8-17(20-16)21-15-10-13(11(2)3)14(18)9-12(15)4/h6-11H,5H2,1-4H3,(H,19,20). The Morgan fingerprint density at radius 1 is 1.29 bits per heavy atom. The van der Waals surface area contributed by atoms with Crippen molar-refractivity contribution in [2.45, 2.75) is 33.6 Å². The highest BCUT2D eigenvalue weighted by Crippen LogP contribution is 2.33. The summed E-state index contributed by atoms with van der Waals surface area (Å²) in [6.07, 6.45) is 0. The van der Waals surface area contributed by atoms with Gasteiger partial charge in [-0.15, -0.1) is 0 Å². The second-order valence-corrected chi connectivity index (χ2v) is 5.69. The molecular weight excluding hydrogens is 284 g/mol. The first kappa shape index (κ1) is 15.6. The first-order chi connectivity index (χ1) is 10.0. The van der Waals surface area contributed by atoms with E-state index in [4.69, 9.17) is 16.3 Å². The summed E-state index contributed by atoms with van der Waals surface area (Å²) in [7, 11) is 0. The number of aromatic nitrogens is 1. The summed E-state index contributed by atoms with van der Waals surface area (Å²) in [4.78, 5) is 4.43. The summed E-state index contributed by atoms with van der Waals surface area (Å²) in [5.41, 5.74) is 2.08. The molecule has 1 aromatic carbocycles. The van der Waals surface area contributed by atoms with Crippen LogP contribution in [0, 0.1) is 6.92 Å². The van der Waals surface area contributed by atoms with Gasteiger partial charge in [-0.3, -0.25) is 0 Å². The third-order valence-corrected chi connectivity index (χ3v) is 3.54. The highest BCUT2D eigenvalue weighted by atomic mass is 35.5. The van der Waals surface area contributed by atoms with E-state index in [0.717, 1.165) is 34.3 Å². The van der Waals surface area contributed by atoms with Gasteiger partial charge in [0.1, 0.15) is 11.6 Å². The van der Waals surface area contributed by atoms with Gasteiger partial charge in [-0.05, 0) is 49.1 Å². The Kier molecular flexibility index (Phi) is 5.07. The lowest BCUT2D eigenvalue weighted by atomic mass is 10.0. The minimum Gasteiger partial charge on any atom is -0.439 e. The number of benzene rings is 1. The zero-order chi connectivity index (χ0) is 15.4. The molecule has 21 heavy (non-hydrogen) atoms. The van der Waals surface area contributed by atoms with Crippen molar-refractivity contribution in [2.24, 2.45) is 0 Å². The average Bonchev–Trinajstić information content (AvgIpc) is 2.42. The molecule has 1 aromatic heterocycles. The zero-order valence-electron chi connectivity index (χ0n) is 12.9. The first-order valence-corrected chi connectivity index (χ1v) is 7.58. The van der Waals surface area contributed by atoms with Gasteiger partial charge in [0.25, 0.3) is 0 Å². The van der Waals surface area contributed by atoms with Crippen LogP contribution in [-0.4, -0.2) is 11.5 Å². The van der Waals surface area contributed by atoms with Gasteiger partial charge in [0, 0.05) is 17.6 Å². The summed E-state index contributed by atoms with van der Waals surface area (Å²) in [5.74, 6) is 2.53. The van der Waals surface area contributed by atoms with Crippen LogP contribution in [0.1, 0.15) is 37.8 Å². The summed E-state index contributed by atoms with van der Waals surface area (Å²) in [6, 6.07) is 9.65. The maximum Gasteiger partial charge on any atom is 0.221 e. The van der Waals surface area contributed by atoms with E-state index in [9.17, 15) is 0 Å². The molecule has 4 heteroatoms. The van der Waals surface area contributed by atoms with Gasteiger partial charge in [0.2, 0.25) is 5.88 Å². The van der Waals surface area contributed by atoms with Crippen LogP contribution in [0.15, 0.2) is 30.3 Å². The molecule has 0 saturated heterocycles. The lowest BCUT2D eigenvalue weighted by Gasteiger charge is -2.14. The van der Waals surface area contributed by atoms with Gasteiger partial charge in [-0.25, -0.2) is 0 Å². The van der Waals surface area contributed by atoms with Crippen LogP contribution in [0.5, 0.6) is 11.6 Å². The van der Waals surface area contributed by atoms with Crippen molar-refractivity contribution in [3.63, 3.8) is 0 Å². The van der Waals surface area contributed by atoms with Crippen molar-refractivity contribution in [1.82, 2.24) is 4.98 Å². The van der Waals surface area contributed by atoms with Crippen LogP contribution >= 0.6 is 11.6 Å². The van der Waals surface area contributed by atoms with E-state index < -0.39 is 0 Å². The van der Waals surface area contributed by atoms with Crippen molar-refractivity contribution in [2.75, 3.05) is 11.9 Å². The number of hydrogen-bond donors (Lipinski definition) is 1. The molecule has 112 valence electrons. The van der Waals surface area contributed by atoms with E-state index >= 15 is 0 Å². The van der Waals surface area contributed by atoms with E-state index in [-0.39, 0.29) is 0 Å². The molecule has 0 aliphatic carbocycles. The Bertz CT molecular complexity index is 626. The van der Waals surface area contributed by atoms with Gasteiger partial charge < -0.3 is 10.1 Å². The lowest BCUT2D eigenvalue weighted by Crippen LogP contribution is -2.00. The second kappa shape index (κ2) is 6.81. The Morgan fingerprint density at radius 3 is 2.71 bits per heavy atom. The predicted molar refractivity (Wildman–Crippen MR) is 88.8 cm³/mol. The van der Waals surface area contributed by atoms with Crippen molar-refractivity contribution in [3.8, 4) is 11.6 Å². The van der Waals surface area contributed by atoms with Gasteiger partial charge in [0.05, 0.1) is 0 Å². The Labute approximate surface area is 131 Å². The first-order valence-electron chi connectivity index (χ1n) is 7.20. The molecule has 1 N–H and O–H groups in total. The molecule has 0 spiro atoms. The smallest absolute Gasteiger partial charge is 0.221 e. The Balaban J connectivity index is 2.30. The van der Waals surface area contributed by atoms with E-state index in [1.807, 2.05) is 44.2 Å². The van der Waals surface area contributed by atoms with Crippen molar-refractivity contribution in [1.29, 1.82) is 0 Å². The highest BCUT2D eigenvalue weighted by molar-refractivity contribution is 6.31. The van der Waals surface area contributed by atoms with Crippen molar-refractivity contribution >= 4 is 17.4 Å². The summed E-state index contributed by atoms with van der Waals surface area (Å²) in [6.45, 7) is 9.08.